The van der Waals surface area contributed by atoms with Gasteiger partial charge < -0.3 is 23.7 Å². The smallest absolute Gasteiger partial charge is 0.342 e. The first kappa shape index (κ1) is 29.2. The molecule has 0 aliphatic carbocycles. The number of esters is 2. The summed E-state index contributed by atoms with van der Waals surface area (Å²) in [4.78, 5) is 38.6. The molecule has 2 heterocycles. The zero-order valence-corrected chi connectivity index (χ0v) is 23.9. The van der Waals surface area contributed by atoms with Gasteiger partial charge in [-0.25, -0.2) is 4.79 Å². The number of benzene rings is 2. The summed E-state index contributed by atoms with van der Waals surface area (Å²) in [6.07, 6.45) is 7.00. The van der Waals surface area contributed by atoms with Crippen molar-refractivity contribution in [2.75, 3.05) is 14.2 Å². The van der Waals surface area contributed by atoms with E-state index in [2.05, 4.69) is 0 Å². The molecule has 0 saturated heterocycles. The van der Waals surface area contributed by atoms with Gasteiger partial charge in [0, 0.05) is 24.3 Å². The average Bonchev–Trinajstić information content (AvgIpc) is 2.90. The average molecular weight is 551 g/mol. The van der Waals surface area contributed by atoms with Crippen LogP contribution in [-0.4, -0.2) is 44.1 Å². The molecular formula is C32H38O8. The number of ether oxygens (including phenoxy) is 5. The number of hydrogen-bond donors (Lipinski definition) is 0. The third kappa shape index (κ3) is 6.66. The summed E-state index contributed by atoms with van der Waals surface area (Å²) >= 11 is 0. The number of ketones is 1. The summed E-state index contributed by atoms with van der Waals surface area (Å²) in [5.41, 5.74) is 2.21. The van der Waals surface area contributed by atoms with Crippen molar-refractivity contribution in [3.05, 3.63) is 52.6 Å². The lowest BCUT2D eigenvalue weighted by Gasteiger charge is -2.29. The Bertz CT molecular complexity index is 1290. The number of carbonyl (C=O) groups excluding carboxylic acids is 3. The second-order valence-electron chi connectivity index (χ2n) is 10.5. The van der Waals surface area contributed by atoms with E-state index in [9.17, 15) is 14.4 Å². The third-order valence-corrected chi connectivity index (χ3v) is 7.11. The number of fused-ring (bicyclic) bond motifs is 2. The van der Waals surface area contributed by atoms with Crippen LogP contribution < -0.4 is 18.9 Å². The largest absolute Gasteiger partial charge is 0.495 e. The van der Waals surface area contributed by atoms with Crippen LogP contribution in [0.2, 0.25) is 0 Å². The van der Waals surface area contributed by atoms with Crippen LogP contribution in [0.15, 0.2) is 30.3 Å². The van der Waals surface area contributed by atoms with Gasteiger partial charge in [0.1, 0.15) is 22.8 Å². The molecule has 2 aromatic carbocycles. The maximum Gasteiger partial charge on any atom is 0.342 e. The van der Waals surface area contributed by atoms with Gasteiger partial charge in [-0.15, -0.1) is 0 Å². The molecule has 0 unspecified atom stereocenters. The highest BCUT2D eigenvalue weighted by Crippen LogP contribution is 2.48. The molecule has 0 spiro atoms. The van der Waals surface area contributed by atoms with Crippen LogP contribution in [0, 0.1) is 0 Å². The molecule has 0 aromatic heterocycles. The molecule has 40 heavy (non-hydrogen) atoms. The summed E-state index contributed by atoms with van der Waals surface area (Å²) in [7, 11) is 3.07. The van der Waals surface area contributed by atoms with E-state index < -0.39 is 11.9 Å². The number of allylic oxidation sites excluding steroid dienone is 1. The van der Waals surface area contributed by atoms with E-state index in [1.807, 2.05) is 45.0 Å². The van der Waals surface area contributed by atoms with E-state index in [0.717, 1.165) is 12.0 Å². The van der Waals surface area contributed by atoms with Crippen LogP contribution in [0.1, 0.15) is 98.7 Å². The van der Waals surface area contributed by atoms with Crippen LogP contribution in [0.4, 0.5) is 0 Å². The maximum absolute atomic E-state index is 13.6. The van der Waals surface area contributed by atoms with Crippen LogP contribution in [0.3, 0.4) is 0 Å². The Hall–Kier alpha value is -3.81. The van der Waals surface area contributed by atoms with E-state index in [1.165, 1.54) is 7.11 Å². The fraction of sp³-hybridized carbons (Fsp3) is 0.469. The first-order valence-electron chi connectivity index (χ1n) is 13.9. The Labute approximate surface area is 235 Å². The van der Waals surface area contributed by atoms with E-state index >= 15 is 0 Å². The second-order valence-corrected chi connectivity index (χ2v) is 10.5. The lowest BCUT2D eigenvalue weighted by molar-refractivity contribution is -0.135. The first-order valence-corrected chi connectivity index (χ1v) is 13.9. The lowest BCUT2D eigenvalue weighted by atomic mass is 9.83. The number of hydrogen-bond acceptors (Lipinski definition) is 8. The quantitative estimate of drug-likeness (QED) is 0.311. The fourth-order valence-electron chi connectivity index (χ4n) is 5.25. The molecule has 0 saturated carbocycles. The molecule has 0 bridgehead atoms. The van der Waals surface area contributed by atoms with Crippen molar-refractivity contribution in [3.8, 4) is 23.0 Å². The van der Waals surface area contributed by atoms with Crippen molar-refractivity contribution in [2.24, 2.45) is 0 Å². The zero-order valence-electron chi connectivity index (χ0n) is 23.9. The molecule has 2 aliphatic rings. The van der Waals surface area contributed by atoms with Crippen molar-refractivity contribution in [3.63, 3.8) is 0 Å². The van der Waals surface area contributed by atoms with E-state index in [1.54, 1.807) is 19.3 Å². The van der Waals surface area contributed by atoms with Gasteiger partial charge in [0.2, 0.25) is 0 Å². The van der Waals surface area contributed by atoms with E-state index in [-0.39, 0.29) is 35.9 Å². The van der Waals surface area contributed by atoms with E-state index in [0.29, 0.717) is 66.2 Å². The van der Waals surface area contributed by atoms with Crippen molar-refractivity contribution in [1.29, 1.82) is 0 Å². The molecule has 2 aromatic rings. The SMILES string of the molecule is COc1cc([C@H]2CC(=O)Oc3cc4c(c(OC)c32)C(=O)O[C@H](C)CCCC(=O)CCCC=C4)ccc1OC(C)C. The minimum Gasteiger partial charge on any atom is -0.495 e. The maximum atomic E-state index is 13.6. The van der Waals surface area contributed by atoms with E-state index in [4.69, 9.17) is 23.7 Å². The minimum atomic E-state index is -0.524. The molecule has 0 amide bonds. The van der Waals surface area contributed by atoms with Gasteiger partial charge in [-0.1, -0.05) is 18.2 Å². The van der Waals surface area contributed by atoms with Crippen molar-refractivity contribution in [1.82, 2.24) is 0 Å². The number of carbonyl (C=O) groups is 3. The van der Waals surface area contributed by atoms with Gasteiger partial charge in [0.25, 0.3) is 0 Å². The third-order valence-electron chi connectivity index (χ3n) is 7.11. The van der Waals surface area contributed by atoms with Gasteiger partial charge in [-0.05, 0) is 75.8 Å². The standard InChI is InChI=1S/C32H38O8/c1-19(2)38-25-15-14-21(16-26(25)36-4)24-18-28(34)40-27-17-22-11-7-6-8-12-23(33)13-9-10-20(3)39-32(35)29(22)31(37-5)30(24)27/h7,11,14-17,19-20,24H,6,8-10,12-13,18H2,1-5H3/t20-,24-/m1/s1. The predicted octanol–water partition coefficient (Wildman–Crippen LogP) is 6.41. The Balaban J connectivity index is 1.84. The van der Waals surface area contributed by atoms with Gasteiger partial charge in [0.05, 0.1) is 32.8 Å². The molecule has 0 N–H and O–H groups in total. The Morgan fingerprint density at radius 2 is 1.75 bits per heavy atom. The monoisotopic (exact) mass is 550 g/mol. The summed E-state index contributed by atoms with van der Waals surface area (Å²) in [6.45, 7) is 5.70. The molecule has 8 nitrogen and oxygen atoms in total. The van der Waals surface area contributed by atoms with Crippen molar-refractivity contribution >= 4 is 23.8 Å². The van der Waals surface area contributed by atoms with Crippen molar-refractivity contribution in [2.45, 2.75) is 83.8 Å². The predicted molar refractivity (Wildman–Crippen MR) is 150 cm³/mol. The molecule has 2 atom stereocenters. The number of rotatable bonds is 5. The molecule has 0 fully saturated rings. The number of cyclic esters (lactones) is 1. The van der Waals surface area contributed by atoms with Crippen LogP contribution in [-0.2, 0) is 14.3 Å². The zero-order chi connectivity index (χ0) is 28.8. The lowest BCUT2D eigenvalue weighted by Crippen LogP contribution is -2.24. The topological polar surface area (TPSA) is 97.4 Å². The van der Waals surface area contributed by atoms with Crippen LogP contribution in [0.25, 0.3) is 6.08 Å². The number of methoxy groups -OCH3 is 2. The minimum absolute atomic E-state index is 0.0397. The van der Waals surface area contributed by atoms with Crippen LogP contribution >= 0.6 is 0 Å². The highest BCUT2D eigenvalue weighted by atomic mass is 16.6. The normalized spacial score (nSPS) is 20.1. The molecule has 8 heteroatoms. The summed E-state index contributed by atoms with van der Waals surface area (Å²) in [6, 6.07) is 7.26. The Kier molecular flexibility index (Phi) is 9.50. The van der Waals surface area contributed by atoms with Gasteiger partial charge in [0.15, 0.2) is 11.5 Å². The molecule has 4 rings (SSSR count). The molecule has 2 aliphatic heterocycles. The highest BCUT2D eigenvalue weighted by molar-refractivity contribution is 5.99. The Morgan fingerprint density at radius 3 is 2.48 bits per heavy atom. The fourth-order valence-corrected chi connectivity index (χ4v) is 5.25. The Morgan fingerprint density at radius 1 is 0.975 bits per heavy atom. The second kappa shape index (κ2) is 13.0. The van der Waals surface area contributed by atoms with Gasteiger partial charge in [-0.3, -0.25) is 9.59 Å². The van der Waals surface area contributed by atoms with Gasteiger partial charge in [-0.2, -0.15) is 0 Å². The molecule has 214 valence electrons. The summed E-state index contributed by atoms with van der Waals surface area (Å²) in [5.74, 6) is 0.643. The molecular weight excluding hydrogens is 512 g/mol. The first-order chi connectivity index (χ1) is 19.2. The number of Topliss-reactive ketones (excluding diaryl/α,β-unsaturated/α-hetero) is 1. The highest BCUT2D eigenvalue weighted by Gasteiger charge is 2.36. The summed E-state index contributed by atoms with van der Waals surface area (Å²) < 4.78 is 28.9. The van der Waals surface area contributed by atoms with Gasteiger partial charge >= 0.3 is 11.9 Å². The summed E-state index contributed by atoms with van der Waals surface area (Å²) in [5, 5.41) is 0. The molecule has 0 radical (unpaired) electrons. The van der Waals surface area contributed by atoms with Crippen LogP contribution in [0.5, 0.6) is 23.0 Å². The van der Waals surface area contributed by atoms with Crippen molar-refractivity contribution < 1.29 is 38.1 Å².